The summed E-state index contributed by atoms with van der Waals surface area (Å²) in [7, 11) is 0. The molecule has 0 radical (unpaired) electrons. The number of carbonyl (C=O) groups is 2. The molecule has 1 aromatic heterocycles. The second-order valence-corrected chi connectivity index (χ2v) is 6.25. The second kappa shape index (κ2) is 9.24. The third-order valence-electron chi connectivity index (χ3n) is 3.47. The van der Waals surface area contributed by atoms with E-state index in [4.69, 9.17) is 15.6 Å². The maximum atomic E-state index is 13.9. The molecule has 0 unspecified atom stereocenters. The van der Waals surface area contributed by atoms with Crippen LogP contribution in [-0.2, 0) is 6.61 Å². The highest BCUT2D eigenvalue weighted by Crippen LogP contribution is 2.31. The Balaban J connectivity index is 2.12. The van der Waals surface area contributed by atoms with Gasteiger partial charge in [-0.25, -0.2) is 13.6 Å². The monoisotopic (exact) mass is 400 g/mol. The Bertz CT molecular complexity index is 844. The van der Waals surface area contributed by atoms with Gasteiger partial charge in [0.15, 0.2) is 11.6 Å². The van der Waals surface area contributed by atoms with Gasteiger partial charge in [-0.3, -0.25) is 10.1 Å². The van der Waals surface area contributed by atoms with E-state index >= 15 is 0 Å². The summed E-state index contributed by atoms with van der Waals surface area (Å²) in [6.45, 7) is 1.20. The number of nitrogens with zero attached hydrogens (tertiary/aromatic N) is 1. The lowest BCUT2D eigenvalue weighted by Gasteiger charge is -2.09. The van der Waals surface area contributed by atoms with Crippen molar-refractivity contribution in [2.24, 2.45) is 5.73 Å². The van der Waals surface area contributed by atoms with Crippen LogP contribution in [-0.4, -0.2) is 34.6 Å². The van der Waals surface area contributed by atoms with E-state index in [9.17, 15) is 18.4 Å². The van der Waals surface area contributed by atoms with Crippen LogP contribution in [0.1, 0.15) is 27.9 Å². The van der Waals surface area contributed by atoms with Gasteiger partial charge < -0.3 is 20.9 Å². The molecule has 0 atom stereocenters. The number of carbonyl (C=O) groups excluding carboxylic acids is 2. The first kappa shape index (κ1) is 20.5. The lowest BCUT2D eigenvalue weighted by Crippen LogP contribution is -2.30. The Labute approximate surface area is 157 Å². The summed E-state index contributed by atoms with van der Waals surface area (Å²) in [6.07, 6.45) is 0.367. The summed E-state index contributed by atoms with van der Waals surface area (Å²) in [4.78, 5) is 23.4. The van der Waals surface area contributed by atoms with Crippen molar-refractivity contribution in [3.05, 3.63) is 40.5 Å². The van der Waals surface area contributed by atoms with E-state index in [1.807, 2.05) is 0 Å². The SMILES string of the molecule is Cc1ccc(COc2nsc(NC(=O)NCCCO)c2C(N)=O)c(F)c1F. The van der Waals surface area contributed by atoms with E-state index in [1.165, 1.54) is 19.1 Å². The molecule has 146 valence electrons. The van der Waals surface area contributed by atoms with Crippen LogP contribution in [0.15, 0.2) is 12.1 Å². The standard InChI is InChI=1S/C16H18F2N4O4S/c1-8-3-4-9(12(18)11(8)17)7-26-14-10(13(19)24)15(27-22-14)21-16(25)20-5-2-6-23/h3-4,23H,2,5-7H2,1H3,(H2,19,24)(H2,20,21,25). The molecule has 1 heterocycles. The minimum absolute atomic E-state index is 0.0505. The predicted octanol–water partition coefficient (Wildman–Crippen LogP) is 1.91. The summed E-state index contributed by atoms with van der Waals surface area (Å²) in [5.41, 5.74) is 5.23. The van der Waals surface area contributed by atoms with Crippen molar-refractivity contribution < 1.29 is 28.2 Å². The molecule has 0 aliphatic carbocycles. The first-order valence-electron chi connectivity index (χ1n) is 7.86. The van der Waals surface area contributed by atoms with Gasteiger partial charge in [-0.15, -0.1) is 0 Å². The maximum absolute atomic E-state index is 13.9. The van der Waals surface area contributed by atoms with Gasteiger partial charge in [-0.05, 0) is 30.4 Å². The number of anilines is 1. The van der Waals surface area contributed by atoms with Crippen molar-refractivity contribution in [3.63, 3.8) is 0 Å². The van der Waals surface area contributed by atoms with Gasteiger partial charge in [0.2, 0.25) is 5.88 Å². The zero-order valence-corrected chi connectivity index (χ0v) is 15.2. The number of aromatic nitrogens is 1. The number of amides is 3. The fourth-order valence-electron chi connectivity index (χ4n) is 2.05. The predicted molar refractivity (Wildman–Crippen MR) is 94.8 cm³/mol. The highest BCUT2D eigenvalue weighted by Gasteiger charge is 2.22. The fourth-order valence-corrected chi connectivity index (χ4v) is 2.78. The minimum Gasteiger partial charge on any atom is -0.471 e. The number of nitrogens with one attached hydrogen (secondary N) is 2. The van der Waals surface area contributed by atoms with E-state index in [0.717, 1.165) is 11.5 Å². The first-order valence-corrected chi connectivity index (χ1v) is 8.64. The number of benzene rings is 1. The summed E-state index contributed by atoms with van der Waals surface area (Å²) in [5, 5.41) is 13.6. The van der Waals surface area contributed by atoms with Crippen LogP contribution >= 0.6 is 11.5 Å². The number of urea groups is 1. The van der Waals surface area contributed by atoms with Gasteiger partial charge in [-0.2, -0.15) is 4.37 Å². The number of hydrogen-bond acceptors (Lipinski definition) is 6. The summed E-state index contributed by atoms with van der Waals surface area (Å²) >= 11 is 0.752. The smallest absolute Gasteiger partial charge is 0.319 e. The van der Waals surface area contributed by atoms with Crippen molar-refractivity contribution in [2.75, 3.05) is 18.5 Å². The molecule has 5 N–H and O–H groups in total. The number of primary amides is 1. The Hall–Kier alpha value is -2.79. The van der Waals surface area contributed by atoms with Gasteiger partial charge in [0.05, 0.1) is 0 Å². The number of nitrogens with two attached hydrogens (primary N) is 1. The molecule has 0 aliphatic rings. The molecule has 2 rings (SSSR count). The topological polar surface area (TPSA) is 127 Å². The molecular weight excluding hydrogens is 382 g/mol. The number of aryl methyl sites for hydroxylation is 1. The van der Waals surface area contributed by atoms with E-state index in [0.29, 0.717) is 6.42 Å². The number of aliphatic hydroxyl groups excluding tert-OH is 1. The van der Waals surface area contributed by atoms with Crippen molar-refractivity contribution >= 4 is 28.5 Å². The minimum atomic E-state index is -1.05. The average molecular weight is 400 g/mol. The molecule has 0 saturated carbocycles. The Kier molecular flexibility index (Phi) is 7.02. The van der Waals surface area contributed by atoms with Crippen LogP contribution in [0.2, 0.25) is 0 Å². The van der Waals surface area contributed by atoms with E-state index < -0.39 is 23.6 Å². The third-order valence-corrected chi connectivity index (χ3v) is 4.22. The molecule has 3 amide bonds. The van der Waals surface area contributed by atoms with E-state index in [2.05, 4.69) is 15.0 Å². The van der Waals surface area contributed by atoms with Crippen LogP contribution in [0.5, 0.6) is 5.88 Å². The lowest BCUT2D eigenvalue weighted by atomic mass is 10.1. The van der Waals surface area contributed by atoms with Crippen molar-refractivity contribution in [1.82, 2.24) is 9.69 Å². The number of halogens is 2. The van der Waals surface area contributed by atoms with Crippen LogP contribution < -0.4 is 21.1 Å². The zero-order valence-electron chi connectivity index (χ0n) is 14.3. The highest BCUT2D eigenvalue weighted by molar-refractivity contribution is 7.11. The fraction of sp³-hybridized carbons (Fsp3) is 0.312. The molecule has 8 nitrogen and oxygen atoms in total. The van der Waals surface area contributed by atoms with Crippen LogP contribution in [0.3, 0.4) is 0 Å². The summed E-state index contributed by atoms with van der Waals surface area (Å²) in [5.74, 6) is -3.13. The van der Waals surface area contributed by atoms with Gasteiger partial charge in [0.25, 0.3) is 5.91 Å². The number of rotatable bonds is 8. The van der Waals surface area contributed by atoms with Gasteiger partial charge in [0.1, 0.15) is 17.2 Å². The van der Waals surface area contributed by atoms with Crippen LogP contribution in [0.25, 0.3) is 0 Å². The van der Waals surface area contributed by atoms with Gasteiger partial charge >= 0.3 is 6.03 Å². The number of aliphatic hydroxyl groups is 1. The highest BCUT2D eigenvalue weighted by atomic mass is 32.1. The molecule has 11 heteroatoms. The van der Waals surface area contributed by atoms with Crippen LogP contribution in [0.4, 0.5) is 18.6 Å². The van der Waals surface area contributed by atoms with E-state index in [1.54, 1.807) is 0 Å². The Morgan fingerprint density at radius 1 is 1.33 bits per heavy atom. The van der Waals surface area contributed by atoms with Crippen molar-refractivity contribution in [3.8, 4) is 5.88 Å². The molecule has 0 spiro atoms. The molecule has 2 aromatic rings. The molecule has 0 fully saturated rings. The Morgan fingerprint density at radius 2 is 2.07 bits per heavy atom. The van der Waals surface area contributed by atoms with Gasteiger partial charge in [0, 0.05) is 18.7 Å². The lowest BCUT2D eigenvalue weighted by molar-refractivity contribution is 0.0996. The molecule has 0 aliphatic heterocycles. The summed E-state index contributed by atoms with van der Waals surface area (Å²) < 4.78 is 36.7. The molecule has 27 heavy (non-hydrogen) atoms. The normalized spacial score (nSPS) is 10.5. The molecule has 0 bridgehead atoms. The zero-order chi connectivity index (χ0) is 20.0. The largest absolute Gasteiger partial charge is 0.471 e. The quantitative estimate of drug-likeness (QED) is 0.504. The molecule has 1 aromatic carbocycles. The molecule has 0 saturated heterocycles. The third kappa shape index (κ3) is 5.11. The Morgan fingerprint density at radius 3 is 2.74 bits per heavy atom. The van der Waals surface area contributed by atoms with Crippen LogP contribution in [0, 0.1) is 18.6 Å². The molecular formula is C16H18F2N4O4S. The summed E-state index contributed by atoms with van der Waals surface area (Å²) in [6, 6.07) is 2.14. The van der Waals surface area contributed by atoms with Crippen molar-refractivity contribution in [1.29, 1.82) is 0 Å². The average Bonchev–Trinajstić information content (AvgIpc) is 3.02. The van der Waals surface area contributed by atoms with E-state index in [-0.39, 0.29) is 47.3 Å². The second-order valence-electron chi connectivity index (χ2n) is 5.47. The van der Waals surface area contributed by atoms with Crippen molar-refractivity contribution in [2.45, 2.75) is 20.0 Å². The number of hydrogen-bond donors (Lipinski definition) is 4. The maximum Gasteiger partial charge on any atom is 0.319 e. The van der Waals surface area contributed by atoms with Gasteiger partial charge in [-0.1, -0.05) is 12.1 Å². The first-order chi connectivity index (χ1) is 12.8. The number of ether oxygens (including phenoxy) is 1.